The van der Waals surface area contributed by atoms with E-state index in [2.05, 4.69) is 0 Å². The highest BCUT2D eigenvalue weighted by atomic mass is 32.2. The summed E-state index contributed by atoms with van der Waals surface area (Å²) in [5.41, 5.74) is 0. The monoisotopic (exact) mass is 304 g/mol. The predicted octanol–water partition coefficient (Wildman–Crippen LogP) is 0.281. The van der Waals surface area contributed by atoms with Crippen LogP contribution in [0.1, 0.15) is 33.6 Å². The van der Waals surface area contributed by atoms with Crippen LogP contribution < -0.4 is 0 Å². The van der Waals surface area contributed by atoms with Crippen molar-refractivity contribution in [3.63, 3.8) is 0 Å². The Hall–Kier alpha value is -1.11. The Balaban J connectivity index is 2.61. The van der Waals surface area contributed by atoms with Crippen molar-refractivity contribution in [3.8, 4) is 0 Å². The molecule has 6 nitrogen and oxygen atoms in total. The lowest BCUT2D eigenvalue weighted by atomic mass is 10.2. The van der Waals surface area contributed by atoms with Crippen molar-refractivity contribution in [3.05, 3.63) is 0 Å². The molecule has 1 unspecified atom stereocenters. The first kappa shape index (κ1) is 16.9. The van der Waals surface area contributed by atoms with Gasteiger partial charge in [0.15, 0.2) is 9.84 Å². The van der Waals surface area contributed by atoms with E-state index >= 15 is 0 Å². The van der Waals surface area contributed by atoms with E-state index in [-0.39, 0.29) is 35.8 Å². The molecule has 1 rings (SSSR count). The summed E-state index contributed by atoms with van der Waals surface area (Å²) in [5, 5.41) is 0. The molecule has 1 aliphatic rings. The van der Waals surface area contributed by atoms with Crippen LogP contribution in [0, 0.1) is 0 Å². The van der Waals surface area contributed by atoms with Crippen molar-refractivity contribution in [2.24, 2.45) is 0 Å². The molecule has 20 heavy (non-hydrogen) atoms. The fourth-order valence-corrected chi connectivity index (χ4v) is 4.30. The van der Waals surface area contributed by atoms with Crippen molar-refractivity contribution in [2.45, 2.75) is 39.7 Å². The summed E-state index contributed by atoms with van der Waals surface area (Å²) in [7, 11) is -3.03. The summed E-state index contributed by atoms with van der Waals surface area (Å²) in [6.07, 6.45) is 0.721. The van der Waals surface area contributed by atoms with E-state index in [0.29, 0.717) is 26.1 Å². The van der Waals surface area contributed by atoms with Gasteiger partial charge in [0.05, 0.1) is 11.5 Å². The first-order valence-corrected chi connectivity index (χ1v) is 8.88. The Morgan fingerprint density at radius 2 is 1.80 bits per heavy atom. The largest absolute Gasteiger partial charge is 0.343 e. The topological polar surface area (TPSA) is 74.8 Å². The zero-order chi connectivity index (χ0) is 15.3. The van der Waals surface area contributed by atoms with Gasteiger partial charge in [-0.1, -0.05) is 0 Å². The molecule has 0 aromatic heterocycles. The lowest BCUT2D eigenvalue weighted by molar-refractivity contribution is -0.134. The number of carbonyl (C=O) groups excluding carboxylic acids is 2. The van der Waals surface area contributed by atoms with E-state index in [4.69, 9.17) is 0 Å². The van der Waals surface area contributed by atoms with Gasteiger partial charge in [-0.05, 0) is 20.3 Å². The summed E-state index contributed by atoms with van der Waals surface area (Å²) >= 11 is 0. The lowest BCUT2D eigenvalue weighted by Crippen LogP contribution is -2.42. The average molecular weight is 304 g/mol. The molecule has 0 aromatic carbocycles. The third-order valence-corrected chi connectivity index (χ3v) is 5.49. The van der Waals surface area contributed by atoms with Gasteiger partial charge in [0.2, 0.25) is 11.8 Å². The maximum Gasteiger partial charge on any atom is 0.224 e. The SMILES string of the molecule is CCN(CC)C(=O)CCN(C(C)=O)C1CCS(=O)(=O)C1. The van der Waals surface area contributed by atoms with Gasteiger partial charge in [-0.2, -0.15) is 0 Å². The molecule has 1 atom stereocenters. The Morgan fingerprint density at radius 3 is 2.20 bits per heavy atom. The van der Waals surface area contributed by atoms with Crippen molar-refractivity contribution in [2.75, 3.05) is 31.1 Å². The van der Waals surface area contributed by atoms with Gasteiger partial charge in [-0.15, -0.1) is 0 Å². The van der Waals surface area contributed by atoms with Gasteiger partial charge in [-0.3, -0.25) is 9.59 Å². The minimum absolute atomic E-state index is 0.00195. The van der Waals surface area contributed by atoms with Crippen LogP contribution in [0.5, 0.6) is 0 Å². The summed E-state index contributed by atoms with van der Waals surface area (Å²) < 4.78 is 23.0. The Bertz CT molecular complexity index is 457. The summed E-state index contributed by atoms with van der Waals surface area (Å²) in [6, 6.07) is -0.276. The zero-order valence-corrected chi connectivity index (χ0v) is 13.3. The molecule has 0 bridgehead atoms. The zero-order valence-electron chi connectivity index (χ0n) is 12.5. The van der Waals surface area contributed by atoms with Gasteiger partial charge in [0.1, 0.15) is 0 Å². The van der Waals surface area contributed by atoms with Gasteiger partial charge in [0, 0.05) is 39.0 Å². The normalized spacial score (nSPS) is 20.6. The second-order valence-electron chi connectivity index (χ2n) is 5.09. The quantitative estimate of drug-likeness (QED) is 0.706. The third kappa shape index (κ3) is 4.47. The fourth-order valence-electron chi connectivity index (χ4n) is 2.57. The number of hydrogen-bond donors (Lipinski definition) is 0. The number of sulfone groups is 1. The minimum Gasteiger partial charge on any atom is -0.343 e. The number of rotatable bonds is 6. The fraction of sp³-hybridized carbons (Fsp3) is 0.846. The van der Waals surface area contributed by atoms with E-state index in [9.17, 15) is 18.0 Å². The molecule has 1 heterocycles. The molecule has 0 N–H and O–H groups in total. The molecule has 1 aliphatic heterocycles. The lowest BCUT2D eigenvalue weighted by Gasteiger charge is -2.28. The molecule has 2 amide bonds. The molecule has 0 radical (unpaired) electrons. The van der Waals surface area contributed by atoms with Crippen LogP contribution in [0.4, 0.5) is 0 Å². The van der Waals surface area contributed by atoms with E-state index in [1.165, 1.54) is 11.8 Å². The molecule has 1 fully saturated rings. The summed E-state index contributed by atoms with van der Waals surface area (Å²) in [5.74, 6) is -0.0150. The number of nitrogens with zero attached hydrogens (tertiary/aromatic N) is 2. The molecule has 0 saturated carbocycles. The van der Waals surface area contributed by atoms with Crippen LogP contribution in [-0.2, 0) is 19.4 Å². The van der Waals surface area contributed by atoms with Crippen LogP contribution >= 0.6 is 0 Å². The smallest absolute Gasteiger partial charge is 0.224 e. The van der Waals surface area contributed by atoms with Gasteiger partial charge >= 0.3 is 0 Å². The first-order chi connectivity index (χ1) is 9.30. The number of hydrogen-bond acceptors (Lipinski definition) is 4. The third-order valence-electron chi connectivity index (χ3n) is 3.74. The second-order valence-corrected chi connectivity index (χ2v) is 7.31. The summed E-state index contributed by atoms with van der Waals surface area (Å²) in [6.45, 7) is 6.83. The van der Waals surface area contributed by atoms with E-state index < -0.39 is 9.84 Å². The Kier molecular flexibility index (Phi) is 5.98. The first-order valence-electron chi connectivity index (χ1n) is 7.06. The predicted molar refractivity (Wildman–Crippen MR) is 77.0 cm³/mol. The highest BCUT2D eigenvalue weighted by molar-refractivity contribution is 7.91. The van der Waals surface area contributed by atoms with Crippen molar-refractivity contribution >= 4 is 21.7 Å². The van der Waals surface area contributed by atoms with Crippen LogP contribution in [0.3, 0.4) is 0 Å². The van der Waals surface area contributed by atoms with Crippen molar-refractivity contribution in [1.29, 1.82) is 0 Å². The van der Waals surface area contributed by atoms with Crippen LogP contribution in [0.2, 0.25) is 0 Å². The van der Waals surface area contributed by atoms with Crippen LogP contribution in [0.15, 0.2) is 0 Å². The standard InChI is InChI=1S/C13H24N2O4S/c1-4-14(5-2)13(17)6-8-15(11(3)16)12-7-9-20(18,19)10-12/h12H,4-10H2,1-3H3. The minimum atomic E-state index is -3.03. The average Bonchev–Trinajstić information content (AvgIpc) is 2.71. The summed E-state index contributed by atoms with van der Waals surface area (Å²) in [4.78, 5) is 26.9. The molecule has 0 spiro atoms. The maximum absolute atomic E-state index is 11.9. The van der Waals surface area contributed by atoms with Gasteiger partial charge in [-0.25, -0.2) is 8.42 Å². The van der Waals surface area contributed by atoms with E-state index in [0.717, 1.165) is 0 Å². The Labute approximate surface area is 121 Å². The van der Waals surface area contributed by atoms with E-state index in [1.54, 1.807) is 4.90 Å². The number of amides is 2. The molecule has 0 aromatic rings. The molecular formula is C13H24N2O4S. The number of carbonyl (C=O) groups is 2. The van der Waals surface area contributed by atoms with Crippen molar-refractivity contribution < 1.29 is 18.0 Å². The molecule has 116 valence electrons. The van der Waals surface area contributed by atoms with Crippen LogP contribution in [0.25, 0.3) is 0 Å². The maximum atomic E-state index is 11.9. The van der Waals surface area contributed by atoms with Gasteiger partial charge < -0.3 is 9.80 Å². The molecule has 1 saturated heterocycles. The second kappa shape index (κ2) is 7.06. The highest BCUT2D eigenvalue weighted by Crippen LogP contribution is 2.18. The van der Waals surface area contributed by atoms with Gasteiger partial charge in [0.25, 0.3) is 0 Å². The van der Waals surface area contributed by atoms with E-state index in [1.807, 2.05) is 13.8 Å². The molecule has 0 aliphatic carbocycles. The molecule has 7 heteroatoms. The molecular weight excluding hydrogens is 280 g/mol. The van der Waals surface area contributed by atoms with Crippen LogP contribution in [-0.4, -0.2) is 67.2 Å². The Morgan fingerprint density at radius 1 is 1.20 bits per heavy atom. The highest BCUT2D eigenvalue weighted by Gasteiger charge is 2.33. The van der Waals surface area contributed by atoms with Crippen molar-refractivity contribution in [1.82, 2.24) is 9.80 Å².